The predicted molar refractivity (Wildman–Crippen MR) is 124 cm³/mol. The van der Waals surface area contributed by atoms with Gasteiger partial charge in [0.25, 0.3) is 5.91 Å². The van der Waals surface area contributed by atoms with Gasteiger partial charge in [-0.3, -0.25) is 9.59 Å². The average Bonchev–Trinajstić information content (AvgIpc) is 3.10. The van der Waals surface area contributed by atoms with Gasteiger partial charge in [-0.2, -0.15) is 0 Å². The highest BCUT2D eigenvalue weighted by atomic mass is 16.5. The van der Waals surface area contributed by atoms with Crippen LogP contribution in [-0.2, 0) is 9.59 Å². The number of benzene rings is 2. The van der Waals surface area contributed by atoms with Crippen LogP contribution >= 0.6 is 0 Å². The molecule has 1 unspecified atom stereocenters. The monoisotopic (exact) mass is 452 g/mol. The molecule has 1 aliphatic heterocycles. The van der Waals surface area contributed by atoms with Crippen molar-refractivity contribution >= 4 is 17.4 Å². The number of nitrogens with zero attached hydrogens (tertiary/aromatic N) is 1. The highest BCUT2D eigenvalue weighted by molar-refractivity contribution is 6.46. The number of carbonyl (C=O) groups excluding carboxylic acids is 2. The molecule has 33 heavy (non-hydrogen) atoms. The average molecular weight is 453 g/mol. The van der Waals surface area contributed by atoms with Crippen molar-refractivity contribution in [3.8, 4) is 11.5 Å². The van der Waals surface area contributed by atoms with Crippen molar-refractivity contribution in [3.63, 3.8) is 0 Å². The van der Waals surface area contributed by atoms with Gasteiger partial charge >= 0.3 is 0 Å². The molecule has 1 fully saturated rings. The summed E-state index contributed by atoms with van der Waals surface area (Å²) in [7, 11) is 1.56. The number of rotatable bonds is 10. The lowest BCUT2D eigenvalue weighted by Crippen LogP contribution is -3.12. The molecule has 0 aliphatic carbocycles. The van der Waals surface area contributed by atoms with Crippen molar-refractivity contribution < 1.29 is 29.1 Å². The first kappa shape index (κ1) is 24.3. The summed E-state index contributed by atoms with van der Waals surface area (Å²) in [6.45, 7) is 9.46. The van der Waals surface area contributed by atoms with Gasteiger partial charge < -0.3 is 24.4 Å². The van der Waals surface area contributed by atoms with Gasteiger partial charge in [-0.1, -0.05) is 30.0 Å². The summed E-state index contributed by atoms with van der Waals surface area (Å²) in [5.41, 5.74) is 1.00. The summed E-state index contributed by atoms with van der Waals surface area (Å²) >= 11 is 0. The molecule has 0 saturated carbocycles. The molecule has 2 aromatic carbocycles. The van der Waals surface area contributed by atoms with E-state index < -0.39 is 23.5 Å². The smallest absolute Gasteiger partial charge is 0.295 e. The fourth-order valence-electron chi connectivity index (χ4n) is 4.17. The van der Waals surface area contributed by atoms with E-state index >= 15 is 0 Å². The molecule has 0 radical (unpaired) electrons. The van der Waals surface area contributed by atoms with Crippen molar-refractivity contribution in [1.29, 1.82) is 0 Å². The summed E-state index contributed by atoms with van der Waals surface area (Å²) in [4.78, 5) is 29.0. The molecule has 0 aromatic heterocycles. The third-order valence-electron chi connectivity index (χ3n) is 6.07. The molecule has 3 rings (SSSR count). The number of nitrogens with one attached hydrogen (secondary N) is 1. The third-order valence-corrected chi connectivity index (χ3v) is 6.07. The van der Waals surface area contributed by atoms with Crippen molar-refractivity contribution in [1.82, 2.24) is 4.90 Å². The number of likely N-dealkylation sites (N-methyl/N-ethyl adjacent to an activating group) is 1. The van der Waals surface area contributed by atoms with Gasteiger partial charge in [-0.25, -0.2) is 0 Å². The first-order valence-electron chi connectivity index (χ1n) is 11.4. The second-order valence-corrected chi connectivity index (χ2v) is 7.91. The Bertz CT molecular complexity index is 1010. The van der Waals surface area contributed by atoms with E-state index in [1.54, 1.807) is 49.6 Å². The van der Waals surface area contributed by atoms with Crippen molar-refractivity contribution in [3.05, 3.63) is 65.2 Å². The summed E-state index contributed by atoms with van der Waals surface area (Å²) in [5, 5.41) is 13.5. The maximum atomic E-state index is 13.5. The number of hydrogen-bond acceptors (Lipinski definition) is 5. The van der Waals surface area contributed by atoms with E-state index in [4.69, 9.17) is 9.47 Å². The van der Waals surface area contributed by atoms with Gasteiger partial charge in [0.05, 0.1) is 45.9 Å². The number of carbonyl (C=O) groups is 2. The molecule has 1 N–H and O–H groups in total. The Labute approximate surface area is 195 Å². The SMILES string of the molecule is CCOc1ccc(C([O-])=C2C(=O)C(=O)N(CC[NH+](CC)CC)C2c2cccc(OC)c2)cc1. The molecule has 1 amide bonds. The minimum Gasteiger partial charge on any atom is -0.872 e. The van der Waals surface area contributed by atoms with Gasteiger partial charge in [-0.15, -0.1) is 0 Å². The summed E-state index contributed by atoms with van der Waals surface area (Å²) in [6.07, 6.45) is 0. The van der Waals surface area contributed by atoms with Gasteiger partial charge in [0.2, 0.25) is 5.78 Å². The van der Waals surface area contributed by atoms with Crippen molar-refractivity contribution in [2.45, 2.75) is 26.8 Å². The molecule has 7 nitrogen and oxygen atoms in total. The number of quaternary nitrogens is 1. The lowest BCUT2D eigenvalue weighted by Gasteiger charge is -2.28. The van der Waals surface area contributed by atoms with Crippen molar-refractivity contribution in [2.75, 3.05) is 39.9 Å². The van der Waals surface area contributed by atoms with E-state index in [2.05, 4.69) is 13.8 Å². The zero-order valence-corrected chi connectivity index (χ0v) is 19.7. The minimum atomic E-state index is -0.755. The van der Waals surface area contributed by atoms with Crippen LogP contribution in [-0.4, -0.2) is 56.5 Å². The summed E-state index contributed by atoms with van der Waals surface area (Å²) in [6, 6.07) is 13.1. The van der Waals surface area contributed by atoms with Crippen LogP contribution in [0.5, 0.6) is 11.5 Å². The van der Waals surface area contributed by atoms with E-state index in [0.717, 1.165) is 13.1 Å². The molecule has 1 heterocycles. The van der Waals surface area contributed by atoms with Gasteiger partial charge in [0.15, 0.2) is 0 Å². The number of hydrogen-bond donors (Lipinski definition) is 1. The molecule has 1 aliphatic rings. The van der Waals surface area contributed by atoms with Gasteiger partial charge in [-0.05, 0) is 56.2 Å². The normalized spacial score (nSPS) is 17.6. The minimum absolute atomic E-state index is 0.0213. The number of amides is 1. The van der Waals surface area contributed by atoms with E-state index in [-0.39, 0.29) is 5.57 Å². The largest absolute Gasteiger partial charge is 0.872 e. The van der Waals surface area contributed by atoms with Gasteiger partial charge in [0.1, 0.15) is 11.5 Å². The van der Waals surface area contributed by atoms with Crippen LogP contribution in [0.1, 0.15) is 37.9 Å². The molecule has 0 bridgehead atoms. The Morgan fingerprint density at radius 1 is 1.03 bits per heavy atom. The zero-order chi connectivity index (χ0) is 24.0. The van der Waals surface area contributed by atoms with E-state index in [1.807, 2.05) is 13.0 Å². The second kappa shape index (κ2) is 11.0. The molecule has 0 spiro atoms. The van der Waals surface area contributed by atoms with Gasteiger partial charge in [0, 0.05) is 5.57 Å². The summed E-state index contributed by atoms with van der Waals surface area (Å²) < 4.78 is 10.8. The van der Waals surface area contributed by atoms with E-state index in [1.165, 1.54) is 9.80 Å². The van der Waals surface area contributed by atoms with E-state index in [9.17, 15) is 14.7 Å². The Morgan fingerprint density at radius 2 is 1.73 bits per heavy atom. The zero-order valence-electron chi connectivity index (χ0n) is 19.7. The van der Waals surface area contributed by atoms with Crippen LogP contribution in [0.2, 0.25) is 0 Å². The number of likely N-dealkylation sites (tertiary alicyclic amines) is 1. The fraction of sp³-hybridized carbons (Fsp3) is 0.385. The van der Waals surface area contributed by atoms with Crippen LogP contribution in [0.25, 0.3) is 5.76 Å². The topological polar surface area (TPSA) is 83.3 Å². The lowest BCUT2D eigenvalue weighted by atomic mass is 9.95. The second-order valence-electron chi connectivity index (χ2n) is 7.91. The van der Waals surface area contributed by atoms with Crippen LogP contribution in [0.3, 0.4) is 0 Å². The lowest BCUT2D eigenvalue weighted by molar-refractivity contribution is -0.895. The summed E-state index contributed by atoms with van der Waals surface area (Å²) in [5.74, 6) is -0.579. The third kappa shape index (κ3) is 5.20. The molecular weight excluding hydrogens is 420 g/mol. The molecular formula is C26H32N2O5. The van der Waals surface area contributed by atoms with E-state index in [0.29, 0.717) is 42.3 Å². The molecule has 1 atom stereocenters. The standard InChI is InChI=1S/C26H32N2O5/c1-5-27(6-2)15-16-28-23(19-9-8-10-21(17-19)32-4)22(25(30)26(28)31)24(29)18-11-13-20(14-12-18)33-7-3/h8-14,17,23,29H,5-7,15-16H2,1-4H3. The Kier molecular flexibility index (Phi) is 8.11. The number of methoxy groups -OCH3 is 1. The Balaban J connectivity index is 2.08. The number of ether oxygens (including phenoxy) is 2. The maximum Gasteiger partial charge on any atom is 0.295 e. The fourth-order valence-corrected chi connectivity index (χ4v) is 4.17. The molecule has 1 saturated heterocycles. The van der Waals surface area contributed by atoms with Crippen LogP contribution in [0.15, 0.2) is 54.1 Å². The number of Topliss-reactive ketones (excluding diaryl/α,β-unsaturated/α-hetero) is 1. The Morgan fingerprint density at radius 3 is 2.33 bits per heavy atom. The van der Waals surface area contributed by atoms with Crippen molar-refractivity contribution in [2.24, 2.45) is 0 Å². The van der Waals surface area contributed by atoms with Crippen LogP contribution in [0, 0.1) is 0 Å². The molecule has 2 aromatic rings. The molecule has 176 valence electrons. The number of ketones is 1. The predicted octanol–water partition coefficient (Wildman–Crippen LogP) is 1.24. The highest BCUT2D eigenvalue weighted by Gasteiger charge is 2.44. The quantitative estimate of drug-likeness (QED) is 0.333. The van der Waals surface area contributed by atoms with Crippen LogP contribution < -0.4 is 19.5 Å². The molecule has 7 heteroatoms. The highest BCUT2D eigenvalue weighted by Crippen LogP contribution is 2.39. The van der Waals surface area contributed by atoms with Crippen LogP contribution in [0.4, 0.5) is 0 Å². The first-order chi connectivity index (χ1) is 15.9. The first-order valence-corrected chi connectivity index (χ1v) is 11.4. The maximum absolute atomic E-state index is 13.5. The Hall–Kier alpha value is -3.32.